The van der Waals surface area contributed by atoms with Gasteiger partial charge in [0, 0.05) is 11.6 Å². The summed E-state index contributed by atoms with van der Waals surface area (Å²) in [6, 6.07) is 26.8. The fraction of sp³-hybridized carbons (Fsp3) is 0. The van der Waals surface area contributed by atoms with Gasteiger partial charge in [0.05, 0.1) is 0 Å². The number of hydrogen-bond acceptors (Lipinski definition) is 1. The minimum absolute atomic E-state index is 0.881. The van der Waals surface area contributed by atoms with E-state index in [1.807, 2.05) is 24.3 Å². The van der Waals surface area contributed by atoms with E-state index in [-0.39, 0.29) is 0 Å². The third kappa shape index (κ3) is 2.64. The lowest BCUT2D eigenvalue weighted by atomic mass is 10.2. The summed E-state index contributed by atoms with van der Waals surface area (Å²) in [5, 5.41) is 3.56. The molecule has 3 rings (SSSR count). The van der Waals surface area contributed by atoms with Gasteiger partial charge in [0.15, 0.2) is 0 Å². The molecule has 0 bridgehead atoms. The molecule has 0 unspecified atom stereocenters. The van der Waals surface area contributed by atoms with Crippen LogP contribution in [-0.4, -0.2) is 0 Å². The van der Waals surface area contributed by atoms with E-state index >= 15 is 0 Å². The molecule has 22 heavy (non-hydrogen) atoms. The maximum Gasteiger partial charge on any atom is 0.0379 e. The van der Waals surface area contributed by atoms with Crippen LogP contribution in [0.1, 0.15) is 5.56 Å². The van der Waals surface area contributed by atoms with Crippen LogP contribution in [0, 0.1) is 12.3 Å². The second kappa shape index (κ2) is 6.32. The predicted molar refractivity (Wildman–Crippen MR) is 100 cm³/mol. The highest BCUT2D eigenvalue weighted by Gasteiger charge is 2.24. The van der Waals surface area contributed by atoms with E-state index in [1.54, 1.807) is 0 Å². The molecule has 3 aromatic carbocycles. The largest absolute Gasteiger partial charge is 0.115 e. The van der Waals surface area contributed by atoms with Gasteiger partial charge in [0.1, 0.15) is 0 Å². The summed E-state index contributed by atoms with van der Waals surface area (Å²) >= 11 is 6.24. The van der Waals surface area contributed by atoms with E-state index in [9.17, 15) is 0 Å². The molecule has 0 amide bonds. The van der Waals surface area contributed by atoms with E-state index < -0.39 is 6.04 Å². The SMILES string of the molecule is C#Cc1ccc(P(=S)(c2ccccc2)c2ccccc2)cc1. The normalized spacial score (nSPS) is 10.9. The van der Waals surface area contributed by atoms with E-state index in [2.05, 4.69) is 66.6 Å². The Bertz CT molecular complexity index is 800. The summed E-state index contributed by atoms with van der Waals surface area (Å²) < 4.78 is 0. The molecule has 0 fully saturated rings. The number of rotatable bonds is 3. The Labute approximate surface area is 136 Å². The van der Waals surface area contributed by atoms with Crippen LogP contribution in [0.3, 0.4) is 0 Å². The van der Waals surface area contributed by atoms with Crippen molar-refractivity contribution in [2.24, 2.45) is 0 Å². The minimum atomic E-state index is -2.04. The molecule has 3 aromatic rings. The van der Waals surface area contributed by atoms with Gasteiger partial charge >= 0.3 is 0 Å². The minimum Gasteiger partial charge on any atom is -0.115 e. The topological polar surface area (TPSA) is 0 Å². The van der Waals surface area contributed by atoms with Crippen LogP contribution in [0.5, 0.6) is 0 Å². The first-order valence-electron chi connectivity index (χ1n) is 7.03. The van der Waals surface area contributed by atoms with Crippen molar-refractivity contribution in [3.8, 4) is 12.3 Å². The van der Waals surface area contributed by atoms with Crippen molar-refractivity contribution in [2.45, 2.75) is 0 Å². The van der Waals surface area contributed by atoms with Crippen molar-refractivity contribution in [1.82, 2.24) is 0 Å². The molecule has 0 heterocycles. The van der Waals surface area contributed by atoms with Crippen molar-refractivity contribution < 1.29 is 0 Å². The smallest absolute Gasteiger partial charge is 0.0379 e. The average molecular weight is 318 g/mol. The molecular weight excluding hydrogens is 303 g/mol. The summed E-state index contributed by atoms with van der Waals surface area (Å²) in [6.45, 7) is 0. The van der Waals surface area contributed by atoms with Gasteiger partial charge in [-0.2, -0.15) is 0 Å². The lowest BCUT2D eigenvalue weighted by molar-refractivity contribution is 1.69. The molecule has 0 aliphatic carbocycles. The van der Waals surface area contributed by atoms with Crippen LogP contribution in [0.2, 0.25) is 0 Å². The molecule has 0 nitrogen and oxygen atoms in total. The lowest BCUT2D eigenvalue weighted by Crippen LogP contribution is -2.24. The Morgan fingerprint density at radius 3 is 1.45 bits per heavy atom. The molecule has 0 radical (unpaired) electrons. The third-order valence-corrected chi connectivity index (χ3v) is 8.61. The molecule has 106 valence electrons. The zero-order valence-corrected chi connectivity index (χ0v) is 13.7. The van der Waals surface area contributed by atoms with Gasteiger partial charge in [-0.1, -0.05) is 90.5 Å². The number of benzene rings is 3. The number of hydrogen-bond donors (Lipinski definition) is 0. The second-order valence-electron chi connectivity index (χ2n) is 4.97. The Balaban J connectivity index is 2.24. The molecule has 0 spiro atoms. The highest BCUT2D eigenvalue weighted by molar-refractivity contribution is 8.25. The van der Waals surface area contributed by atoms with Crippen LogP contribution in [-0.2, 0) is 11.8 Å². The van der Waals surface area contributed by atoms with Gasteiger partial charge in [0.2, 0.25) is 0 Å². The van der Waals surface area contributed by atoms with Gasteiger partial charge in [-0.15, -0.1) is 6.42 Å². The van der Waals surface area contributed by atoms with Crippen molar-refractivity contribution in [2.75, 3.05) is 0 Å². The molecule has 0 aliphatic heterocycles. The van der Waals surface area contributed by atoms with Crippen LogP contribution in [0.4, 0.5) is 0 Å². The maximum absolute atomic E-state index is 6.24. The highest BCUT2D eigenvalue weighted by Crippen LogP contribution is 2.42. The van der Waals surface area contributed by atoms with Crippen molar-refractivity contribution in [3.63, 3.8) is 0 Å². The zero-order valence-electron chi connectivity index (χ0n) is 12.0. The van der Waals surface area contributed by atoms with Gasteiger partial charge in [0.25, 0.3) is 0 Å². The summed E-state index contributed by atoms with van der Waals surface area (Å²) in [6.07, 6.45) is 5.46. The fourth-order valence-corrected chi connectivity index (χ4v) is 6.23. The summed E-state index contributed by atoms with van der Waals surface area (Å²) in [4.78, 5) is 0. The maximum atomic E-state index is 6.24. The molecular formula is C20H15PS. The van der Waals surface area contributed by atoms with Crippen LogP contribution in [0.15, 0.2) is 84.9 Å². The first-order chi connectivity index (χ1) is 10.7. The molecule has 0 atom stereocenters. The van der Waals surface area contributed by atoms with Gasteiger partial charge < -0.3 is 0 Å². The quantitative estimate of drug-likeness (QED) is 0.527. The first kappa shape index (κ1) is 14.8. The molecule has 0 N–H and O–H groups in total. The second-order valence-corrected chi connectivity index (χ2v) is 9.38. The van der Waals surface area contributed by atoms with Crippen LogP contribution < -0.4 is 15.9 Å². The van der Waals surface area contributed by atoms with E-state index in [4.69, 9.17) is 18.2 Å². The zero-order chi connectivity index (χ0) is 15.4. The Morgan fingerprint density at radius 1 is 0.636 bits per heavy atom. The van der Waals surface area contributed by atoms with Gasteiger partial charge in [-0.3, -0.25) is 0 Å². The number of terminal acetylenes is 1. The van der Waals surface area contributed by atoms with E-state index in [0.717, 1.165) is 5.56 Å². The predicted octanol–water partition coefficient (Wildman–Crippen LogP) is 3.42. The van der Waals surface area contributed by atoms with E-state index in [1.165, 1.54) is 15.9 Å². The fourth-order valence-electron chi connectivity index (χ4n) is 2.49. The highest BCUT2D eigenvalue weighted by atomic mass is 32.4. The molecule has 0 aromatic heterocycles. The molecule has 0 aliphatic rings. The van der Waals surface area contributed by atoms with Crippen molar-refractivity contribution in [3.05, 3.63) is 90.5 Å². The summed E-state index contributed by atoms with van der Waals surface area (Å²) in [5.41, 5.74) is 0.881. The Hall–Kier alpha value is -2.13. The first-order valence-corrected chi connectivity index (χ1v) is 9.84. The van der Waals surface area contributed by atoms with Crippen LogP contribution >= 0.6 is 6.04 Å². The van der Waals surface area contributed by atoms with Crippen molar-refractivity contribution >= 4 is 33.8 Å². The Morgan fingerprint density at radius 2 is 1.05 bits per heavy atom. The Kier molecular flexibility index (Phi) is 4.25. The third-order valence-electron chi connectivity index (χ3n) is 3.64. The van der Waals surface area contributed by atoms with E-state index in [0.29, 0.717) is 0 Å². The molecule has 0 saturated heterocycles. The molecule has 2 heteroatoms. The lowest BCUT2D eigenvalue weighted by Gasteiger charge is -2.24. The van der Waals surface area contributed by atoms with Crippen LogP contribution in [0.25, 0.3) is 0 Å². The van der Waals surface area contributed by atoms with Gasteiger partial charge in [-0.05, 0) is 28.0 Å². The van der Waals surface area contributed by atoms with Gasteiger partial charge in [-0.25, -0.2) is 0 Å². The monoisotopic (exact) mass is 318 g/mol. The summed E-state index contributed by atoms with van der Waals surface area (Å²) in [7, 11) is 0. The van der Waals surface area contributed by atoms with Crippen molar-refractivity contribution in [1.29, 1.82) is 0 Å². The average Bonchev–Trinajstić information content (AvgIpc) is 2.62. The molecule has 0 saturated carbocycles. The summed E-state index contributed by atoms with van der Waals surface area (Å²) in [5.74, 6) is 2.66. The standard InChI is InChI=1S/C20H15PS/c1-2-17-13-15-20(16-14-17)21(22,18-9-5-3-6-10-18)19-11-7-4-8-12-19/h1,3-16H.